The SMILES string of the molecule is CN(CCOc1cccc(CNC(=O)C2(c3ccc(Cl)cc3)CC2)c1)C1CCOCC1. The van der Waals surface area contributed by atoms with Gasteiger partial charge in [-0.05, 0) is 68.1 Å². The molecule has 4 rings (SSSR count). The van der Waals surface area contributed by atoms with Crippen molar-refractivity contribution in [3.8, 4) is 5.75 Å². The smallest absolute Gasteiger partial charge is 0.230 e. The first-order valence-corrected chi connectivity index (χ1v) is 11.5. The molecule has 31 heavy (non-hydrogen) atoms. The van der Waals surface area contributed by atoms with E-state index in [1.165, 1.54) is 0 Å². The molecule has 1 aliphatic heterocycles. The van der Waals surface area contributed by atoms with Crippen molar-refractivity contribution in [2.24, 2.45) is 0 Å². The molecule has 2 aromatic carbocycles. The van der Waals surface area contributed by atoms with Crippen molar-refractivity contribution in [3.05, 3.63) is 64.7 Å². The number of nitrogens with zero attached hydrogens (tertiary/aromatic N) is 1. The quantitative estimate of drug-likeness (QED) is 0.633. The van der Waals surface area contributed by atoms with Gasteiger partial charge < -0.3 is 14.8 Å². The van der Waals surface area contributed by atoms with E-state index in [9.17, 15) is 4.79 Å². The molecule has 1 N–H and O–H groups in total. The molecule has 6 heteroatoms. The molecule has 0 atom stereocenters. The molecular formula is C25H31ClN2O3. The van der Waals surface area contributed by atoms with Crippen LogP contribution >= 0.6 is 11.6 Å². The third-order valence-corrected chi connectivity index (χ3v) is 6.71. The molecule has 2 aliphatic rings. The summed E-state index contributed by atoms with van der Waals surface area (Å²) < 4.78 is 11.4. The number of amides is 1. The molecular weight excluding hydrogens is 412 g/mol. The number of benzene rings is 2. The van der Waals surface area contributed by atoms with Crippen LogP contribution in [0.25, 0.3) is 0 Å². The summed E-state index contributed by atoms with van der Waals surface area (Å²) in [4.78, 5) is 15.2. The fourth-order valence-corrected chi connectivity index (χ4v) is 4.38. The fraction of sp³-hybridized carbons (Fsp3) is 0.480. The van der Waals surface area contributed by atoms with E-state index in [-0.39, 0.29) is 5.91 Å². The second-order valence-electron chi connectivity index (χ2n) is 8.59. The van der Waals surface area contributed by atoms with Crippen LogP contribution in [-0.4, -0.2) is 50.3 Å². The lowest BCUT2D eigenvalue weighted by Crippen LogP contribution is -2.38. The van der Waals surface area contributed by atoms with Crippen LogP contribution in [0.4, 0.5) is 0 Å². The molecule has 0 unspecified atom stereocenters. The number of ether oxygens (including phenoxy) is 2. The van der Waals surface area contributed by atoms with Crippen molar-refractivity contribution >= 4 is 17.5 Å². The van der Waals surface area contributed by atoms with E-state index in [4.69, 9.17) is 21.1 Å². The summed E-state index contributed by atoms with van der Waals surface area (Å²) >= 11 is 5.99. The average Bonchev–Trinajstić information content (AvgIpc) is 3.61. The van der Waals surface area contributed by atoms with Crippen LogP contribution in [0.15, 0.2) is 48.5 Å². The standard InChI is InChI=1S/C25H31ClN2O3/c1-28(22-9-14-30-15-10-22)13-16-31-23-4-2-3-19(17-23)18-27-24(29)25(11-12-25)20-5-7-21(26)8-6-20/h2-8,17,22H,9-16,18H2,1H3,(H,27,29). The number of halogens is 1. The fourth-order valence-electron chi connectivity index (χ4n) is 4.25. The lowest BCUT2D eigenvalue weighted by molar-refractivity contribution is -0.123. The summed E-state index contributed by atoms with van der Waals surface area (Å²) in [6, 6.07) is 16.2. The number of hydrogen-bond acceptors (Lipinski definition) is 4. The molecule has 166 valence electrons. The highest BCUT2D eigenvalue weighted by Crippen LogP contribution is 2.48. The van der Waals surface area contributed by atoms with Crippen molar-refractivity contribution in [1.29, 1.82) is 0 Å². The monoisotopic (exact) mass is 442 g/mol. The van der Waals surface area contributed by atoms with Gasteiger partial charge in [0.2, 0.25) is 5.91 Å². The zero-order valence-corrected chi connectivity index (χ0v) is 18.9. The molecule has 0 aromatic heterocycles. The molecule has 0 radical (unpaired) electrons. The number of hydrogen-bond donors (Lipinski definition) is 1. The van der Waals surface area contributed by atoms with Gasteiger partial charge >= 0.3 is 0 Å². The van der Waals surface area contributed by atoms with Gasteiger partial charge in [-0.1, -0.05) is 35.9 Å². The van der Waals surface area contributed by atoms with Gasteiger partial charge in [0, 0.05) is 37.4 Å². The lowest BCUT2D eigenvalue weighted by Gasteiger charge is -2.31. The third kappa shape index (κ3) is 5.59. The molecule has 1 heterocycles. The molecule has 1 saturated carbocycles. The highest BCUT2D eigenvalue weighted by atomic mass is 35.5. The first-order valence-electron chi connectivity index (χ1n) is 11.1. The van der Waals surface area contributed by atoms with E-state index in [1.54, 1.807) is 0 Å². The molecule has 1 saturated heterocycles. The highest BCUT2D eigenvalue weighted by Gasteiger charge is 2.51. The van der Waals surface area contributed by atoms with E-state index >= 15 is 0 Å². The minimum absolute atomic E-state index is 0.0826. The van der Waals surface area contributed by atoms with Crippen LogP contribution in [0, 0.1) is 0 Å². The topological polar surface area (TPSA) is 50.8 Å². The van der Waals surface area contributed by atoms with Gasteiger partial charge in [0.1, 0.15) is 12.4 Å². The largest absolute Gasteiger partial charge is 0.492 e. The van der Waals surface area contributed by atoms with E-state index in [0.717, 1.165) is 62.3 Å². The normalized spacial score (nSPS) is 18.0. The molecule has 5 nitrogen and oxygen atoms in total. The first kappa shape index (κ1) is 22.1. The third-order valence-electron chi connectivity index (χ3n) is 6.46. The Balaban J connectivity index is 1.26. The Labute approximate surface area is 189 Å². The first-order chi connectivity index (χ1) is 15.1. The van der Waals surface area contributed by atoms with Crippen LogP contribution < -0.4 is 10.1 Å². The number of likely N-dealkylation sites (N-methyl/N-ethyl adjacent to an activating group) is 1. The molecule has 1 amide bonds. The van der Waals surface area contributed by atoms with E-state index in [1.807, 2.05) is 48.5 Å². The van der Waals surface area contributed by atoms with Gasteiger partial charge in [0.05, 0.1) is 5.41 Å². The van der Waals surface area contributed by atoms with E-state index in [2.05, 4.69) is 17.3 Å². The number of rotatable bonds is 9. The minimum atomic E-state index is -0.395. The second-order valence-corrected chi connectivity index (χ2v) is 9.03. The maximum absolute atomic E-state index is 12.9. The van der Waals surface area contributed by atoms with Crippen LogP contribution in [-0.2, 0) is 21.5 Å². The summed E-state index contributed by atoms with van der Waals surface area (Å²) in [5.41, 5.74) is 1.68. The van der Waals surface area contributed by atoms with Gasteiger partial charge in [0.15, 0.2) is 0 Å². The van der Waals surface area contributed by atoms with Crippen molar-refractivity contribution in [2.45, 2.75) is 43.7 Å². The summed E-state index contributed by atoms with van der Waals surface area (Å²) in [5.74, 6) is 0.921. The van der Waals surface area contributed by atoms with Gasteiger partial charge in [0.25, 0.3) is 0 Å². The van der Waals surface area contributed by atoms with Gasteiger partial charge in [-0.25, -0.2) is 0 Å². The van der Waals surface area contributed by atoms with E-state index < -0.39 is 5.41 Å². The Morgan fingerprint density at radius 1 is 1.19 bits per heavy atom. The van der Waals surface area contributed by atoms with Gasteiger partial charge in [-0.15, -0.1) is 0 Å². The zero-order chi connectivity index (χ0) is 21.7. The lowest BCUT2D eigenvalue weighted by atomic mass is 9.95. The Hall–Kier alpha value is -2.08. The number of carbonyl (C=O) groups is 1. The predicted octanol–water partition coefficient (Wildman–Crippen LogP) is 4.18. The molecule has 0 spiro atoms. The summed E-state index contributed by atoms with van der Waals surface area (Å²) in [5, 5.41) is 3.80. The van der Waals surface area contributed by atoms with Crippen LogP contribution in [0.5, 0.6) is 5.75 Å². The Morgan fingerprint density at radius 3 is 2.65 bits per heavy atom. The number of carbonyl (C=O) groups excluding carboxylic acids is 1. The Morgan fingerprint density at radius 2 is 1.94 bits per heavy atom. The van der Waals surface area contributed by atoms with Crippen LogP contribution in [0.3, 0.4) is 0 Å². The van der Waals surface area contributed by atoms with Crippen LogP contribution in [0.1, 0.15) is 36.8 Å². The predicted molar refractivity (Wildman–Crippen MR) is 123 cm³/mol. The number of nitrogens with one attached hydrogen (secondary N) is 1. The molecule has 1 aliphatic carbocycles. The molecule has 2 fully saturated rings. The van der Waals surface area contributed by atoms with Crippen molar-refractivity contribution in [1.82, 2.24) is 10.2 Å². The maximum Gasteiger partial charge on any atom is 0.230 e. The second kappa shape index (κ2) is 10.0. The minimum Gasteiger partial charge on any atom is -0.492 e. The van der Waals surface area contributed by atoms with E-state index in [0.29, 0.717) is 24.2 Å². The summed E-state index contributed by atoms with van der Waals surface area (Å²) in [6.45, 7) is 3.72. The van der Waals surface area contributed by atoms with Crippen molar-refractivity contribution < 1.29 is 14.3 Å². The Kier molecular flexibility index (Phi) is 7.16. The molecule has 0 bridgehead atoms. The van der Waals surface area contributed by atoms with Crippen LogP contribution in [0.2, 0.25) is 5.02 Å². The average molecular weight is 443 g/mol. The van der Waals surface area contributed by atoms with Crippen molar-refractivity contribution in [3.63, 3.8) is 0 Å². The van der Waals surface area contributed by atoms with Gasteiger partial charge in [-0.3, -0.25) is 9.69 Å². The van der Waals surface area contributed by atoms with Gasteiger partial charge in [-0.2, -0.15) is 0 Å². The Bertz CT molecular complexity index is 877. The highest BCUT2D eigenvalue weighted by molar-refractivity contribution is 6.30. The van der Waals surface area contributed by atoms with Crippen molar-refractivity contribution in [2.75, 3.05) is 33.4 Å². The zero-order valence-electron chi connectivity index (χ0n) is 18.1. The maximum atomic E-state index is 12.9. The summed E-state index contributed by atoms with van der Waals surface area (Å²) in [6.07, 6.45) is 3.93. The molecule has 2 aromatic rings. The summed E-state index contributed by atoms with van der Waals surface area (Å²) in [7, 11) is 2.15.